The zero-order valence-electron chi connectivity index (χ0n) is 41.7. The summed E-state index contributed by atoms with van der Waals surface area (Å²) in [6.45, 7) is 27.2. The number of hydrogen-bond acceptors (Lipinski definition) is 4. The van der Waals surface area contributed by atoms with Crippen LogP contribution in [0.15, 0.2) is 158 Å². The molecule has 1 aliphatic rings. The van der Waals surface area contributed by atoms with E-state index in [9.17, 15) is 0 Å². The number of pyridine rings is 1. The second-order valence-corrected chi connectivity index (χ2v) is 21.7. The maximum Gasteiger partial charge on any atom is 0.135 e. The Morgan fingerprint density at radius 2 is 1.23 bits per heavy atom. The molecule has 1 aliphatic heterocycles. The monoisotopic (exact) mass is 1080 g/mol. The van der Waals surface area contributed by atoms with Crippen molar-refractivity contribution in [1.29, 1.82) is 0 Å². The molecular formula is C63H61N4OPt-3. The third-order valence-corrected chi connectivity index (χ3v) is 13.4. The first kappa shape index (κ1) is 47.6. The fourth-order valence-electron chi connectivity index (χ4n) is 9.43. The molecule has 0 amide bonds. The minimum absolute atomic E-state index is 0. The Bertz CT molecular complexity index is 3350. The normalized spacial score (nSPS) is 13.0. The van der Waals surface area contributed by atoms with Gasteiger partial charge in [-0.25, -0.2) is 4.98 Å². The van der Waals surface area contributed by atoms with Gasteiger partial charge in [-0.05, 0) is 109 Å². The van der Waals surface area contributed by atoms with E-state index in [4.69, 9.17) is 9.72 Å². The topological polar surface area (TPSA) is 33.5 Å². The van der Waals surface area contributed by atoms with Crippen molar-refractivity contribution in [2.24, 2.45) is 0 Å². The summed E-state index contributed by atoms with van der Waals surface area (Å²) in [6.07, 6.45) is 1.91. The Hall–Kier alpha value is -6.42. The van der Waals surface area contributed by atoms with E-state index in [2.05, 4.69) is 255 Å². The van der Waals surface area contributed by atoms with Crippen LogP contribution in [0.2, 0.25) is 0 Å². The molecule has 0 fully saturated rings. The van der Waals surface area contributed by atoms with E-state index in [-0.39, 0.29) is 37.3 Å². The molecule has 0 bridgehead atoms. The molecule has 2 aromatic heterocycles. The molecule has 7 aromatic carbocycles. The van der Waals surface area contributed by atoms with Crippen LogP contribution in [0, 0.1) is 18.8 Å². The van der Waals surface area contributed by atoms with E-state index in [0.717, 1.165) is 61.5 Å². The van der Waals surface area contributed by atoms with Gasteiger partial charge in [-0.1, -0.05) is 167 Å². The summed E-state index contributed by atoms with van der Waals surface area (Å²) in [5.41, 5.74) is 15.6. The number of aromatic nitrogens is 2. The Kier molecular flexibility index (Phi) is 12.5. The molecule has 10 rings (SSSR count). The van der Waals surface area contributed by atoms with Crippen LogP contribution in [0.1, 0.15) is 104 Å². The van der Waals surface area contributed by atoms with Crippen molar-refractivity contribution < 1.29 is 25.8 Å². The molecule has 352 valence electrons. The fourth-order valence-corrected chi connectivity index (χ4v) is 9.43. The smallest absolute Gasteiger partial charge is 0.135 e. The van der Waals surface area contributed by atoms with Crippen molar-refractivity contribution in [3.05, 3.63) is 199 Å². The second-order valence-electron chi connectivity index (χ2n) is 21.7. The molecule has 5 nitrogen and oxygen atoms in total. The van der Waals surface area contributed by atoms with Gasteiger partial charge in [0, 0.05) is 61.3 Å². The number of anilines is 4. The molecule has 69 heavy (non-hydrogen) atoms. The standard InChI is InChI=1S/C63H61N4O.Pt/c1-41(2)52-21-15-16-22-53(52)44-33-49(38-51(34-44)68-50-26-27-55-54-23-17-18-24-56(54)67(58(55)39-50)60-37-46(29-30-64-60)62(6,7)8)66-40-65(57-28-25-45(36-59(57)66)61(3,4)5)48-32-43(42-19-13-12-14-20-42)31-47(35-48)63(9,10)11;/h12-37,40-41H,1-11H3;/q-3;. The molecule has 0 aliphatic carbocycles. The average molecular weight is 1090 g/mol. The van der Waals surface area contributed by atoms with Gasteiger partial charge in [0.15, 0.2) is 0 Å². The summed E-state index contributed by atoms with van der Waals surface area (Å²) < 4.78 is 9.23. The Labute approximate surface area is 424 Å². The van der Waals surface area contributed by atoms with Gasteiger partial charge in [0.25, 0.3) is 0 Å². The molecule has 0 saturated carbocycles. The molecule has 9 aromatic rings. The summed E-state index contributed by atoms with van der Waals surface area (Å²) in [4.78, 5) is 9.56. The van der Waals surface area contributed by atoms with Crippen LogP contribution in [0.4, 0.5) is 22.7 Å². The third kappa shape index (κ3) is 9.27. The molecule has 0 radical (unpaired) electrons. The fraction of sp³-hybridized carbons (Fsp3) is 0.238. The van der Waals surface area contributed by atoms with Crippen LogP contribution < -0.4 is 14.5 Å². The number of rotatable bonds is 8. The minimum Gasteiger partial charge on any atom is -0.509 e. The van der Waals surface area contributed by atoms with Crippen molar-refractivity contribution in [2.75, 3.05) is 9.80 Å². The predicted molar refractivity (Wildman–Crippen MR) is 285 cm³/mol. The van der Waals surface area contributed by atoms with Crippen molar-refractivity contribution in [3.63, 3.8) is 0 Å². The number of para-hydroxylation sites is 1. The van der Waals surface area contributed by atoms with Gasteiger partial charge in [0.1, 0.15) is 5.82 Å². The van der Waals surface area contributed by atoms with Crippen molar-refractivity contribution in [2.45, 2.75) is 98.3 Å². The second kappa shape index (κ2) is 18.2. The molecule has 0 saturated heterocycles. The molecule has 0 spiro atoms. The van der Waals surface area contributed by atoms with Crippen LogP contribution in [0.5, 0.6) is 11.5 Å². The van der Waals surface area contributed by atoms with Gasteiger partial charge in [0.2, 0.25) is 0 Å². The van der Waals surface area contributed by atoms with Gasteiger partial charge in [-0.3, -0.25) is 0 Å². The molecule has 0 atom stereocenters. The average Bonchev–Trinajstić information content (AvgIpc) is 3.86. The number of fused-ring (bicyclic) bond motifs is 4. The SMILES string of the molecule is CC(C)c1ccccc1-c1cc(Oc2[c-]c3c(cc2)c2ccccc2n3-c2cc(C(C)(C)C)ccn2)[c-]c(N2[CH-]N(c3cc(-c4ccccc4)cc(C(C)(C)C)c3)c3ccc(C(C)(C)C)cc32)c1.[Pt]. The van der Waals surface area contributed by atoms with Gasteiger partial charge in [-0.15, -0.1) is 53.6 Å². The molecular weight excluding hydrogens is 1020 g/mol. The van der Waals surface area contributed by atoms with Crippen molar-refractivity contribution in [1.82, 2.24) is 9.55 Å². The van der Waals surface area contributed by atoms with E-state index in [1.54, 1.807) is 0 Å². The van der Waals surface area contributed by atoms with E-state index in [1.807, 2.05) is 12.3 Å². The Balaban J connectivity index is 0.00000593. The number of nitrogens with zero attached hydrogens (tertiary/aromatic N) is 4. The van der Waals surface area contributed by atoms with Gasteiger partial charge >= 0.3 is 0 Å². The molecule has 6 heteroatoms. The van der Waals surface area contributed by atoms with Gasteiger partial charge < -0.3 is 19.1 Å². The van der Waals surface area contributed by atoms with E-state index in [0.29, 0.717) is 17.4 Å². The van der Waals surface area contributed by atoms with Crippen LogP contribution in [0.3, 0.4) is 0 Å². The van der Waals surface area contributed by atoms with Crippen LogP contribution in [-0.4, -0.2) is 9.55 Å². The summed E-state index contributed by atoms with van der Waals surface area (Å²) in [5.74, 6) is 2.36. The van der Waals surface area contributed by atoms with Crippen LogP contribution >= 0.6 is 0 Å². The number of benzene rings is 7. The maximum absolute atomic E-state index is 7.01. The summed E-state index contributed by atoms with van der Waals surface area (Å²) in [6, 6.07) is 62.3. The zero-order valence-corrected chi connectivity index (χ0v) is 44.0. The van der Waals surface area contributed by atoms with Crippen molar-refractivity contribution >= 4 is 44.6 Å². The third-order valence-electron chi connectivity index (χ3n) is 13.4. The number of ether oxygens (including phenoxy) is 1. The first-order valence-corrected chi connectivity index (χ1v) is 24.0. The first-order valence-electron chi connectivity index (χ1n) is 24.0. The van der Waals surface area contributed by atoms with E-state index in [1.165, 1.54) is 33.4 Å². The minimum atomic E-state index is -0.0721. The zero-order chi connectivity index (χ0) is 47.7. The Morgan fingerprint density at radius 3 is 1.97 bits per heavy atom. The molecule has 0 N–H and O–H groups in total. The molecule has 0 unspecified atom stereocenters. The van der Waals surface area contributed by atoms with E-state index >= 15 is 0 Å². The van der Waals surface area contributed by atoms with E-state index < -0.39 is 0 Å². The van der Waals surface area contributed by atoms with Crippen LogP contribution in [-0.2, 0) is 37.3 Å². The predicted octanol–water partition coefficient (Wildman–Crippen LogP) is 17.3. The van der Waals surface area contributed by atoms with Crippen LogP contribution in [0.25, 0.3) is 49.9 Å². The first-order chi connectivity index (χ1) is 32.4. The maximum atomic E-state index is 7.01. The summed E-state index contributed by atoms with van der Waals surface area (Å²) in [5, 5.41) is 2.23. The summed E-state index contributed by atoms with van der Waals surface area (Å²) >= 11 is 0. The quantitative estimate of drug-likeness (QED) is 0.142. The molecule has 3 heterocycles. The Morgan fingerprint density at radius 1 is 0.536 bits per heavy atom. The van der Waals surface area contributed by atoms with Crippen molar-refractivity contribution in [3.8, 4) is 39.6 Å². The largest absolute Gasteiger partial charge is 0.509 e. The van der Waals surface area contributed by atoms with Gasteiger partial charge in [0.05, 0.1) is 0 Å². The van der Waals surface area contributed by atoms with Gasteiger partial charge in [-0.2, -0.15) is 6.07 Å². The number of hydrogen-bond donors (Lipinski definition) is 0. The summed E-state index contributed by atoms with van der Waals surface area (Å²) in [7, 11) is 0.